The number of fused-ring (bicyclic) bond motifs is 15. The fourth-order valence-corrected chi connectivity index (χ4v) is 13.8. The Kier molecular flexibility index (Phi) is 9.57. The Morgan fingerprint density at radius 1 is 0.263 bits per heavy atom. The summed E-state index contributed by atoms with van der Waals surface area (Å²) >= 11 is 0. The van der Waals surface area contributed by atoms with Crippen molar-refractivity contribution in [1.82, 2.24) is 28.2 Å². The van der Waals surface area contributed by atoms with Crippen molar-refractivity contribution in [3.05, 3.63) is 266 Å². The molecule has 376 valence electrons. The molecule has 0 fully saturated rings. The molecule has 1 aliphatic carbocycles. The molecular formula is C74H50N6. The van der Waals surface area contributed by atoms with E-state index in [2.05, 4.69) is 260 Å². The van der Waals surface area contributed by atoms with E-state index in [9.17, 15) is 0 Å². The van der Waals surface area contributed by atoms with Crippen molar-refractivity contribution < 1.29 is 0 Å². The van der Waals surface area contributed by atoms with Gasteiger partial charge in [0.2, 0.25) is 0 Å². The Balaban J connectivity index is 0.851. The number of benzene rings is 10. The average molecular weight is 1020 g/mol. The third kappa shape index (κ3) is 6.47. The zero-order chi connectivity index (χ0) is 52.7. The molecule has 0 saturated carbocycles. The van der Waals surface area contributed by atoms with Gasteiger partial charge in [-0.25, -0.2) is 0 Å². The molecule has 6 aromatic heterocycles. The molecule has 10 aromatic carbocycles. The molecule has 80 heavy (non-hydrogen) atoms. The lowest BCUT2D eigenvalue weighted by atomic mass is 9.72. The maximum atomic E-state index is 4.67. The maximum absolute atomic E-state index is 4.67. The van der Waals surface area contributed by atoms with Crippen LogP contribution in [0.4, 0.5) is 0 Å². The fraction of sp³-hybridized carbons (Fsp3) is 0.0541. The quantitative estimate of drug-likeness (QED) is 0.167. The van der Waals surface area contributed by atoms with Crippen LogP contribution in [-0.4, -0.2) is 28.2 Å². The van der Waals surface area contributed by atoms with Crippen LogP contribution in [0.25, 0.3) is 143 Å². The van der Waals surface area contributed by atoms with Crippen molar-refractivity contribution in [2.45, 2.75) is 25.7 Å². The van der Waals surface area contributed by atoms with E-state index in [0.717, 1.165) is 33.8 Å². The van der Waals surface area contributed by atoms with Crippen LogP contribution < -0.4 is 0 Å². The first-order valence-corrected chi connectivity index (χ1v) is 27.8. The summed E-state index contributed by atoms with van der Waals surface area (Å²) < 4.78 is 9.61. The highest BCUT2D eigenvalue weighted by Crippen LogP contribution is 2.52. The first kappa shape index (κ1) is 44.8. The van der Waals surface area contributed by atoms with Crippen molar-refractivity contribution in [3.63, 3.8) is 0 Å². The number of para-hydroxylation sites is 4. The largest absolute Gasteiger partial charge is 0.309 e. The molecule has 0 saturated heterocycles. The lowest BCUT2D eigenvalue weighted by molar-refractivity contribution is 0.617. The second-order valence-electron chi connectivity index (χ2n) is 21.9. The number of pyridine rings is 2. The van der Waals surface area contributed by atoms with E-state index in [1.54, 1.807) is 0 Å². The number of hydrogen-bond acceptors (Lipinski definition) is 2. The summed E-state index contributed by atoms with van der Waals surface area (Å²) in [5.41, 5.74) is 23.9. The average Bonchev–Trinajstić information content (AvgIpc) is 4.43. The van der Waals surface area contributed by atoms with Gasteiger partial charge in [0.15, 0.2) is 0 Å². The summed E-state index contributed by atoms with van der Waals surface area (Å²) in [6.07, 6.45) is 7.71. The lowest BCUT2D eigenvalue weighted by Gasteiger charge is -2.32. The summed E-state index contributed by atoms with van der Waals surface area (Å²) in [5, 5.41) is 9.93. The lowest BCUT2D eigenvalue weighted by Crippen LogP contribution is -2.13. The van der Waals surface area contributed by atoms with Crippen molar-refractivity contribution in [3.8, 4) is 56.1 Å². The Morgan fingerprint density at radius 2 is 0.575 bits per heavy atom. The standard InChI is InChI=1S/C74H50N6/c1-45-46(2)58-40-66-64-38-50(48-26-30-70-62(36-48)56-22-10-12-24-68(56)78(70)52-17-7-4-8-18-52)28-32-72(64)80(54-20-14-34-76-44-54)74(66)42-60(58)59-41-73-65(39-57(45)59)63-37-49(27-31-71(63)79(73)53-19-13-33-75-43-53)47-25-29-69-61(35-47)55-21-9-11-23-67(55)77(69)51-15-5-3-6-16-51/h3-46H,1-2H3. The van der Waals surface area contributed by atoms with Gasteiger partial charge in [0.25, 0.3) is 0 Å². The van der Waals surface area contributed by atoms with Crippen LogP contribution in [0.5, 0.6) is 0 Å². The smallest absolute Gasteiger partial charge is 0.0645 e. The van der Waals surface area contributed by atoms with E-state index >= 15 is 0 Å². The normalized spacial score (nSPS) is 14.4. The number of aromatic nitrogens is 6. The molecule has 2 unspecified atom stereocenters. The van der Waals surface area contributed by atoms with Crippen molar-refractivity contribution in [1.29, 1.82) is 0 Å². The van der Waals surface area contributed by atoms with E-state index in [4.69, 9.17) is 0 Å². The molecule has 0 radical (unpaired) electrons. The predicted molar refractivity (Wildman–Crippen MR) is 333 cm³/mol. The zero-order valence-electron chi connectivity index (χ0n) is 44.1. The van der Waals surface area contributed by atoms with Crippen LogP contribution in [0, 0.1) is 0 Å². The third-order valence-corrected chi connectivity index (χ3v) is 17.7. The van der Waals surface area contributed by atoms with Gasteiger partial charge in [-0.3, -0.25) is 9.97 Å². The highest BCUT2D eigenvalue weighted by atomic mass is 15.0. The predicted octanol–water partition coefficient (Wildman–Crippen LogP) is 19.1. The minimum absolute atomic E-state index is 0.260. The van der Waals surface area contributed by atoms with E-state index in [-0.39, 0.29) is 11.8 Å². The third-order valence-electron chi connectivity index (χ3n) is 17.7. The van der Waals surface area contributed by atoms with Crippen LogP contribution in [-0.2, 0) is 0 Å². The monoisotopic (exact) mass is 1020 g/mol. The van der Waals surface area contributed by atoms with Gasteiger partial charge in [0, 0.05) is 66.9 Å². The Hall–Kier alpha value is -10.3. The maximum Gasteiger partial charge on any atom is 0.0645 e. The van der Waals surface area contributed by atoms with Gasteiger partial charge in [-0.1, -0.05) is 111 Å². The Labute approximate surface area is 461 Å². The SMILES string of the molecule is CC1c2cc3c4cc(-c5ccc6c(c5)c5ccccc5n6-c5ccccc5)ccc4n(-c4cccnc4)c3cc2-c2cc3c(cc2C1C)c1cc(-c2ccc4c(c2)c2ccccc2n4-c2ccccc2)ccc1n3-c1cccnc1. The molecule has 6 heterocycles. The van der Waals surface area contributed by atoms with Crippen LogP contribution in [0.3, 0.4) is 0 Å². The molecule has 17 rings (SSSR count). The molecule has 6 heteroatoms. The molecule has 0 N–H and O–H groups in total. The summed E-state index contributed by atoms with van der Waals surface area (Å²) in [6, 6.07) is 85.4. The Morgan fingerprint density at radius 3 is 0.950 bits per heavy atom. The van der Waals surface area contributed by atoms with E-state index in [1.807, 2.05) is 36.9 Å². The molecule has 6 nitrogen and oxygen atoms in total. The van der Waals surface area contributed by atoms with E-state index in [1.165, 1.54) is 121 Å². The molecule has 16 aromatic rings. The zero-order valence-corrected chi connectivity index (χ0v) is 44.1. The summed E-state index contributed by atoms with van der Waals surface area (Å²) in [4.78, 5) is 9.33. The van der Waals surface area contributed by atoms with Crippen LogP contribution in [0.2, 0.25) is 0 Å². The van der Waals surface area contributed by atoms with Crippen LogP contribution in [0.1, 0.15) is 36.8 Å². The minimum atomic E-state index is 0.260. The minimum Gasteiger partial charge on any atom is -0.309 e. The number of rotatable bonds is 6. The summed E-state index contributed by atoms with van der Waals surface area (Å²) in [5.74, 6) is 0.520. The Bertz CT molecular complexity index is 4870. The molecule has 0 bridgehead atoms. The molecular weight excluding hydrogens is 973 g/mol. The molecule has 2 atom stereocenters. The van der Waals surface area contributed by atoms with Crippen molar-refractivity contribution in [2.24, 2.45) is 0 Å². The number of nitrogens with zero attached hydrogens (tertiary/aromatic N) is 6. The van der Waals surface area contributed by atoms with Gasteiger partial charge in [-0.2, -0.15) is 0 Å². The molecule has 1 aliphatic rings. The molecule has 0 aliphatic heterocycles. The highest BCUT2D eigenvalue weighted by molar-refractivity contribution is 6.16. The number of hydrogen-bond donors (Lipinski definition) is 0. The van der Waals surface area contributed by atoms with Crippen molar-refractivity contribution in [2.75, 3.05) is 0 Å². The topological polar surface area (TPSA) is 45.5 Å². The molecule has 0 amide bonds. The van der Waals surface area contributed by atoms with Gasteiger partial charge in [-0.05, 0) is 190 Å². The first-order chi connectivity index (χ1) is 39.5. The fourth-order valence-electron chi connectivity index (χ4n) is 13.8. The van der Waals surface area contributed by atoms with Gasteiger partial charge >= 0.3 is 0 Å². The van der Waals surface area contributed by atoms with Gasteiger partial charge in [0.1, 0.15) is 0 Å². The highest BCUT2D eigenvalue weighted by Gasteiger charge is 2.32. The summed E-state index contributed by atoms with van der Waals surface area (Å²) in [7, 11) is 0. The van der Waals surface area contributed by atoms with Crippen LogP contribution in [0.15, 0.2) is 255 Å². The van der Waals surface area contributed by atoms with E-state index in [0.29, 0.717) is 0 Å². The second kappa shape index (κ2) is 17.1. The van der Waals surface area contributed by atoms with Gasteiger partial charge < -0.3 is 18.3 Å². The second-order valence-corrected chi connectivity index (χ2v) is 21.9. The molecule has 0 spiro atoms. The first-order valence-electron chi connectivity index (χ1n) is 27.8. The summed E-state index contributed by atoms with van der Waals surface area (Å²) in [6.45, 7) is 4.86. The van der Waals surface area contributed by atoms with Crippen LogP contribution >= 0.6 is 0 Å². The van der Waals surface area contributed by atoms with Gasteiger partial charge in [0.05, 0.1) is 67.9 Å². The van der Waals surface area contributed by atoms with E-state index < -0.39 is 0 Å². The van der Waals surface area contributed by atoms with Crippen molar-refractivity contribution >= 4 is 87.2 Å². The van der Waals surface area contributed by atoms with Gasteiger partial charge in [-0.15, -0.1) is 0 Å².